The van der Waals surface area contributed by atoms with E-state index in [1.807, 2.05) is 14.1 Å². The molecule has 0 unspecified atom stereocenters. The first-order chi connectivity index (χ1) is 14.2. The van der Waals surface area contributed by atoms with Crippen LogP contribution in [-0.4, -0.2) is 50.1 Å². The first kappa shape index (κ1) is 28.9. The first-order valence-electron chi connectivity index (χ1n) is 12.5. The zero-order valence-electron chi connectivity index (χ0n) is 20.5. The van der Waals surface area contributed by atoms with Crippen LogP contribution < -0.4 is 10.4 Å². The van der Waals surface area contributed by atoms with Crippen LogP contribution >= 0.6 is 0 Å². The molecule has 0 spiro atoms. The van der Waals surface area contributed by atoms with Crippen molar-refractivity contribution in [3.8, 4) is 0 Å². The fourth-order valence-corrected chi connectivity index (χ4v) is 3.86. The molecule has 0 aliphatic rings. The molecule has 30 heavy (non-hydrogen) atoms. The third-order valence-corrected chi connectivity index (χ3v) is 5.75. The summed E-state index contributed by atoms with van der Waals surface area (Å²) < 4.78 is 0.385. The van der Waals surface area contributed by atoms with E-state index < -0.39 is 5.97 Å². The molecule has 1 amide bonds. The molecule has 0 heterocycles. The number of carbonyl (C=O) groups is 2. The average Bonchev–Trinajstić information content (AvgIpc) is 2.64. The Hall–Kier alpha value is -1.10. The summed E-state index contributed by atoms with van der Waals surface area (Å²) in [5, 5.41) is 13.6. The third kappa shape index (κ3) is 21.6. The van der Waals surface area contributed by atoms with E-state index >= 15 is 0 Å². The van der Waals surface area contributed by atoms with Crippen molar-refractivity contribution in [2.45, 2.75) is 110 Å². The molecule has 0 radical (unpaired) electrons. The Bertz CT molecular complexity index is 436. The van der Waals surface area contributed by atoms with E-state index in [2.05, 4.69) is 19.2 Å². The molecule has 0 aromatic heterocycles. The van der Waals surface area contributed by atoms with Crippen molar-refractivity contribution in [1.82, 2.24) is 5.32 Å². The van der Waals surface area contributed by atoms with Crippen LogP contribution in [0.25, 0.3) is 0 Å². The SMILES string of the molecule is CC(C)CCCCCCCCCCCCCCC(=O)NCCC[N+](C)(C)CC(=O)[O-]. The van der Waals surface area contributed by atoms with Crippen LogP contribution in [0.5, 0.6) is 0 Å². The van der Waals surface area contributed by atoms with Gasteiger partial charge in [-0.3, -0.25) is 4.79 Å². The highest BCUT2D eigenvalue weighted by molar-refractivity contribution is 5.75. The number of amides is 1. The Morgan fingerprint density at radius 1 is 0.767 bits per heavy atom. The van der Waals surface area contributed by atoms with Gasteiger partial charge in [0.2, 0.25) is 5.91 Å². The maximum atomic E-state index is 11.9. The summed E-state index contributed by atoms with van der Waals surface area (Å²) in [4.78, 5) is 22.5. The summed E-state index contributed by atoms with van der Waals surface area (Å²) in [5.41, 5.74) is 0. The summed E-state index contributed by atoms with van der Waals surface area (Å²) in [6.45, 7) is 5.95. The van der Waals surface area contributed by atoms with Gasteiger partial charge in [0.1, 0.15) is 6.54 Å². The maximum absolute atomic E-state index is 11.9. The average molecular weight is 427 g/mol. The number of hydrogen-bond acceptors (Lipinski definition) is 3. The predicted molar refractivity (Wildman–Crippen MR) is 124 cm³/mol. The molecule has 5 heteroatoms. The van der Waals surface area contributed by atoms with E-state index in [0.717, 1.165) is 25.2 Å². The molecule has 178 valence electrons. The largest absolute Gasteiger partial charge is 0.544 e. The molecule has 0 aliphatic carbocycles. The Balaban J connectivity index is 3.33. The lowest BCUT2D eigenvalue weighted by Crippen LogP contribution is -2.49. The summed E-state index contributed by atoms with van der Waals surface area (Å²) in [6.07, 6.45) is 18.5. The summed E-state index contributed by atoms with van der Waals surface area (Å²) in [5.74, 6) is -0.0588. The molecule has 0 rings (SSSR count). The number of nitrogens with zero attached hydrogens (tertiary/aromatic N) is 1. The van der Waals surface area contributed by atoms with E-state index in [-0.39, 0.29) is 12.5 Å². The first-order valence-corrected chi connectivity index (χ1v) is 12.5. The van der Waals surface area contributed by atoms with Gasteiger partial charge in [0, 0.05) is 19.4 Å². The van der Waals surface area contributed by atoms with Crippen molar-refractivity contribution in [3.63, 3.8) is 0 Å². The number of carbonyl (C=O) groups excluding carboxylic acids is 2. The van der Waals surface area contributed by atoms with Gasteiger partial charge in [-0.25, -0.2) is 0 Å². The van der Waals surface area contributed by atoms with Crippen molar-refractivity contribution in [3.05, 3.63) is 0 Å². The van der Waals surface area contributed by atoms with Crippen molar-refractivity contribution in [2.75, 3.05) is 33.7 Å². The Kier molecular flexibility index (Phi) is 18.0. The van der Waals surface area contributed by atoms with Gasteiger partial charge in [0.15, 0.2) is 0 Å². The standard InChI is InChI=1S/C25H50N2O3/c1-23(2)18-15-13-11-9-7-5-6-8-10-12-14-16-19-24(28)26-20-17-21-27(3,4)22-25(29)30/h23H,5-22H2,1-4H3,(H-,26,28,29,30). The molecule has 0 bridgehead atoms. The monoisotopic (exact) mass is 426 g/mol. The van der Waals surface area contributed by atoms with E-state index in [1.165, 1.54) is 70.6 Å². The second-order valence-corrected chi connectivity index (χ2v) is 10.1. The smallest absolute Gasteiger partial charge is 0.219 e. The number of nitrogens with one attached hydrogen (secondary N) is 1. The second-order valence-electron chi connectivity index (χ2n) is 10.1. The molecular formula is C25H50N2O3. The lowest BCUT2D eigenvalue weighted by atomic mass is 10.0. The van der Waals surface area contributed by atoms with Crippen LogP contribution in [0.1, 0.15) is 110 Å². The number of likely N-dealkylation sites (N-methyl/N-ethyl adjacent to an activating group) is 1. The molecule has 0 saturated carbocycles. The minimum atomic E-state index is -1.03. The highest BCUT2D eigenvalue weighted by atomic mass is 16.4. The molecule has 0 aromatic rings. The highest BCUT2D eigenvalue weighted by Gasteiger charge is 2.14. The second kappa shape index (κ2) is 18.7. The van der Waals surface area contributed by atoms with Gasteiger partial charge in [0.25, 0.3) is 0 Å². The minimum absolute atomic E-state index is 0.00634. The summed E-state index contributed by atoms with van der Waals surface area (Å²) in [7, 11) is 3.74. The van der Waals surface area contributed by atoms with Crippen LogP contribution in [0.15, 0.2) is 0 Å². The van der Waals surface area contributed by atoms with E-state index in [1.54, 1.807) is 0 Å². The number of carboxylic acids is 1. The van der Waals surface area contributed by atoms with Crippen molar-refractivity contribution in [2.24, 2.45) is 5.92 Å². The molecular weight excluding hydrogens is 376 g/mol. The van der Waals surface area contributed by atoms with Crippen molar-refractivity contribution < 1.29 is 19.2 Å². The van der Waals surface area contributed by atoms with Crippen molar-refractivity contribution in [1.29, 1.82) is 0 Å². The lowest BCUT2D eigenvalue weighted by molar-refractivity contribution is -0.884. The van der Waals surface area contributed by atoms with Crippen LogP contribution in [0.4, 0.5) is 0 Å². The summed E-state index contributed by atoms with van der Waals surface area (Å²) >= 11 is 0. The minimum Gasteiger partial charge on any atom is -0.544 e. The number of aliphatic carboxylic acids is 1. The van der Waals surface area contributed by atoms with Crippen LogP contribution in [0.2, 0.25) is 0 Å². The third-order valence-electron chi connectivity index (χ3n) is 5.75. The molecule has 0 aromatic carbocycles. The van der Waals surface area contributed by atoms with Crippen molar-refractivity contribution >= 4 is 11.9 Å². The normalized spacial score (nSPS) is 11.8. The zero-order valence-corrected chi connectivity index (χ0v) is 20.5. The molecule has 0 aliphatic heterocycles. The Morgan fingerprint density at radius 3 is 1.70 bits per heavy atom. The lowest BCUT2D eigenvalue weighted by Gasteiger charge is -2.30. The molecule has 0 atom stereocenters. The van der Waals surface area contributed by atoms with E-state index in [9.17, 15) is 14.7 Å². The van der Waals surface area contributed by atoms with Gasteiger partial charge in [-0.15, -0.1) is 0 Å². The van der Waals surface area contributed by atoms with Crippen LogP contribution in [0, 0.1) is 5.92 Å². The fraction of sp³-hybridized carbons (Fsp3) is 0.920. The van der Waals surface area contributed by atoms with Crippen LogP contribution in [-0.2, 0) is 9.59 Å². The molecule has 1 N–H and O–H groups in total. The maximum Gasteiger partial charge on any atom is 0.219 e. The number of unbranched alkanes of at least 4 members (excludes halogenated alkanes) is 11. The zero-order chi connectivity index (χ0) is 22.7. The number of carboxylic acid groups (broad SMARTS) is 1. The molecule has 5 nitrogen and oxygen atoms in total. The molecule has 0 fully saturated rings. The van der Waals surface area contributed by atoms with Gasteiger partial charge in [-0.2, -0.15) is 0 Å². The summed E-state index contributed by atoms with van der Waals surface area (Å²) in [6, 6.07) is 0. The number of hydrogen-bond donors (Lipinski definition) is 1. The van der Waals surface area contributed by atoms with E-state index in [4.69, 9.17) is 0 Å². The van der Waals surface area contributed by atoms with Gasteiger partial charge < -0.3 is 19.7 Å². The number of rotatable bonds is 21. The topological polar surface area (TPSA) is 69.2 Å². The Labute approximate surface area is 186 Å². The fourth-order valence-electron chi connectivity index (χ4n) is 3.86. The molecule has 0 saturated heterocycles. The van der Waals surface area contributed by atoms with Gasteiger partial charge in [0.05, 0.1) is 26.6 Å². The highest BCUT2D eigenvalue weighted by Crippen LogP contribution is 2.14. The van der Waals surface area contributed by atoms with Gasteiger partial charge in [-0.05, 0) is 12.3 Å². The van der Waals surface area contributed by atoms with E-state index in [0.29, 0.717) is 24.0 Å². The van der Waals surface area contributed by atoms with Gasteiger partial charge in [-0.1, -0.05) is 90.9 Å². The quantitative estimate of drug-likeness (QED) is 0.218. The Morgan fingerprint density at radius 2 is 1.23 bits per heavy atom. The number of quaternary nitrogens is 1. The predicted octanol–water partition coefficient (Wildman–Crippen LogP) is 4.44. The van der Waals surface area contributed by atoms with Gasteiger partial charge >= 0.3 is 0 Å². The van der Waals surface area contributed by atoms with Crippen LogP contribution in [0.3, 0.4) is 0 Å².